The van der Waals surface area contributed by atoms with Crippen LogP contribution in [0, 0.1) is 0 Å². The number of hydrogen-bond donors (Lipinski definition) is 0. The Morgan fingerprint density at radius 1 is 1.19 bits per heavy atom. The van der Waals surface area contributed by atoms with Crippen LogP contribution < -0.4 is 4.74 Å². The number of likely N-dealkylation sites (tertiary alicyclic amines) is 1. The van der Waals surface area contributed by atoms with Crippen molar-refractivity contribution >= 4 is 5.78 Å². The van der Waals surface area contributed by atoms with Crippen molar-refractivity contribution < 1.29 is 9.53 Å². The van der Waals surface area contributed by atoms with Crippen molar-refractivity contribution in [2.24, 2.45) is 0 Å². The van der Waals surface area contributed by atoms with Gasteiger partial charge in [0.25, 0.3) is 0 Å². The number of carbonyl (C=O) groups is 1. The minimum absolute atomic E-state index is 0.264. The molecule has 1 saturated carbocycles. The van der Waals surface area contributed by atoms with Gasteiger partial charge in [0.15, 0.2) is 5.78 Å². The van der Waals surface area contributed by atoms with E-state index in [4.69, 9.17) is 4.74 Å². The molecule has 1 heterocycles. The number of carbonyl (C=O) groups excluding carboxylic acids is 1. The lowest BCUT2D eigenvalue weighted by Crippen LogP contribution is -2.31. The van der Waals surface area contributed by atoms with E-state index < -0.39 is 0 Å². The van der Waals surface area contributed by atoms with Gasteiger partial charge >= 0.3 is 0 Å². The summed E-state index contributed by atoms with van der Waals surface area (Å²) in [6.07, 6.45) is 6.67. The molecule has 3 nitrogen and oxygen atoms in total. The van der Waals surface area contributed by atoms with E-state index in [0.29, 0.717) is 12.5 Å². The van der Waals surface area contributed by atoms with Crippen molar-refractivity contribution in [3.63, 3.8) is 0 Å². The van der Waals surface area contributed by atoms with Crippen molar-refractivity contribution in [1.29, 1.82) is 0 Å². The van der Waals surface area contributed by atoms with Gasteiger partial charge in [-0.05, 0) is 49.9 Å². The number of nitrogens with zero attached hydrogens (tertiary/aromatic N) is 1. The Balaban J connectivity index is 1.39. The number of Topliss-reactive ketones (excluding diaryl/α,β-unsaturated/α-hetero) is 1. The number of rotatable bonds is 7. The highest BCUT2D eigenvalue weighted by Gasteiger charge is 2.47. The Labute approximate surface area is 162 Å². The summed E-state index contributed by atoms with van der Waals surface area (Å²) in [6.45, 7) is 2.14. The van der Waals surface area contributed by atoms with Crippen molar-refractivity contribution in [2.75, 3.05) is 20.2 Å². The fraction of sp³-hybridized carbons (Fsp3) is 0.458. The second kappa shape index (κ2) is 7.85. The summed E-state index contributed by atoms with van der Waals surface area (Å²) in [5, 5.41) is 0. The summed E-state index contributed by atoms with van der Waals surface area (Å²) in [7, 11) is 1.74. The quantitative estimate of drug-likeness (QED) is 0.658. The van der Waals surface area contributed by atoms with E-state index in [1.54, 1.807) is 7.11 Å². The molecule has 2 aliphatic rings. The molecule has 2 aromatic carbocycles. The second-order valence-electron chi connectivity index (χ2n) is 8.13. The fourth-order valence-electron chi connectivity index (χ4n) is 5.08. The summed E-state index contributed by atoms with van der Waals surface area (Å²) in [6, 6.07) is 19.0. The van der Waals surface area contributed by atoms with Crippen LogP contribution in [0.4, 0.5) is 0 Å². The third-order valence-electron chi connectivity index (χ3n) is 6.47. The van der Waals surface area contributed by atoms with Crippen molar-refractivity contribution in [3.8, 4) is 5.75 Å². The van der Waals surface area contributed by atoms with Gasteiger partial charge in [0.05, 0.1) is 7.11 Å². The van der Waals surface area contributed by atoms with Crippen molar-refractivity contribution in [2.45, 2.75) is 50.0 Å². The smallest absolute Gasteiger partial charge is 0.162 e. The molecule has 2 atom stereocenters. The van der Waals surface area contributed by atoms with Gasteiger partial charge in [0, 0.05) is 30.0 Å². The standard InChI is InChI=1S/C24H29NO2/c1-27-22-12-5-10-20(16-22)24-14-6-11-21(17-24)25(18-24)15-7-13-23(26)19-8-3-2-4-9-19/h2-5,8-10,12,16,21H,6-7,11,13-15,17-18H2,1H3. The first-order valence-corrected chi connectivity index (χ1v) is 10.2. The molecular formula is C24H29NO2. The Morgan fingerprint density at radius 3 is 2.85 bits per heavy atom. The zero-order chi connectivity index (χ0) is 18.7. The van der Waals surface area contributed by atoms with Gasteiger partial charge in [-0.3, -0.25) is 9.69 Å². The molecule has 2 bridgehead atoms. The molecule has 2 fully saturated rings. The van der Waals surface area contributed by atoms with Gasteiger partial charge in [0.1, 0.15) is 5.75 Å². The predicted octanol–water partition coefficient (Wildman–Crippen LogP) is 4.85. The van der Waals surface area contributed by atoms with E-state index in [0.717, 1.165) is 30.8 Å². The minimum atomic E-state index is 0.264. The number of ketones is 1. The largest absolute Gasteiger partial charge is 0.497 e. The van der Waals surface area contributed by atoms with E-state index in [1.165, 1.54) is 31.2 Å². The molecule has 4 rings (SSSR count). The third-order valence-corrected chi connectivity index (χ3v) is 6.47. The monoisotopic (exact) mass is 363 g/mol. The van der Waals surface area contributed by atoms with Crippen LogP contribution in [0.3, 0.4) is 0 Å². The lowest BCUT2D eigenvalue weighted by molar-refractivity contribution is 0.0973. The molecular weight excluding hydrogens is 334 g/mol. The van der Waals surface area contributed by atoms with E-state index in [-0.39, 0.29) is 11.2 Å². The Hall–Kier alpha value is -2.13. The summed E-state index contributed by atoms with van der Waals surface area (Å²) >= 11 is 0. The average molecular weight is 364 g/mol. The van der Waals surface area contributed by atoms with Crippen LogP contribution >= 0.6 is 0 Å². The first kappa shape index (κ1) is 18.2. The van der Waals surface area contributed by atoms with Gasteiger partial charge < -0.3 is 4.74 Å². The molecule has 142 valence electrons. The van der Waals surface area contributed by atoms with E-state index in [9.17, 15) is 4.79 Å². The lowest BCUT2D eigenvalue weighted by Gasteiger charge is -2.32. The van der Waals surface area contributed by atoms with Crippen LogP contribution in [0.2, 0.25) is 0 Å². The summed E-state index contributed by atoms with van der Waals surface area (Å²) in [5.74, 6) is 1.22. The molecule has 0 aromatic heterocycles. The highest BCUT2D eigenvalue weighted by Crippen LogP contribution is 2.47. The average Bonchev–Trinajstić information content (AvgIpc) is 2.99. The second-order valence-corrected chi connectivity index (χ2v) is 8.13. The number of fused-ring (bicyclic) bond motifs is 2. The molecule has 0 amide bonds. The normalized spacial score (nSPS) is 24.7. The number of benzene rings is 2. The molecule has 0 radical (unpaired) electrons. The van der Waals surface area contributed by atoms with Crippen LogP contribution in [0.5, 0.6) is 5.75 Å². The van der Waals surface area contributed by atoms with Crippen LogP contribution in [0.1, 0.15) is 54.4 Å². The maximum absolute atomic E-state index is 12.4. The topological polar surface area (TPSA) is 29.5 Å². The molecule has 0 N–H and O–H groups in total. The van der Waals surface area contributed by atoms with Gasteiger partial charge in [0.2, 0.25) is 0 Å². The predicted molar refractivity (Wildman–Crippen MR) is 109 cm³/mol. The molecule has 1 saturated heterocycles. The maximum Gasteiger partial charge on any atom is 0.162 e. The summed E-state index contributed by atoms with van der Waals surface area (Å²) in [5.41, 5.74) is 2.53. The lowest BCUT2D eigenvalue weighted by atomic mass is 9.71. The minimum Gasteiger partial charge on any atom is -0.497 e. The zero-order valence-electron chi connectivity index (χ0n) is 16.2. The van der Waals surface area contributed by atoms with Crippen LogP contribution in [-0.4, -0.2) is 36.9 Å². The third kappa shape index (κ3) is 3.79. The Bertz CT molecular complexity index is 788. The highest BCUT2D eigenvalue weighted by atomic mass is 16.5. The molecule has 3 heteroatoms. The molecule has 1 aliphatic carbocycles. The number of hydrogen-bond acceptors (Lipinski definition) is 3. The molecule has 2 unspecified atom stereocenters. The highest BCUT2D eigenvalue weighted by molar-refractivity contribution is 5.95. The molecule has 0 spiro atoms. The Morgan fingerprint density at radius 2 is 2.04 bits per heavy atom. The van der Waals surface area contributed by atoms with Gasteiger partial charge in [-0.15, -0.1) is 0 Å². The first-order valence-electron chi connectivity index (χ1n) is 10.2. The fourth-order valence-corrected chi connectivity index (χ4v) is 5.08. The SMILES string of the molecule is COc1cccc(C23CCCC(C2)N(CCCC(=O)c2ccccc2)C3)c1. The maximum atomic E-state index is 12.4. The number of methoxy groups -OCH3 is 1. The summed E-state index contributed by atoms with van der Waals surface area (Å²) < 4.78 is 5.46. The van der Waals surface area contributed by atoms with Crippen molar-refractivity contribution in [1.82, 2.24) is 4.90 Å². The van der Waals surface area contributed by atoms with Crippen molar-refractivity contribution in [3.05, 3.63) is 65.7 Å². The van der Waals surface area contributed by atoms with Gasteiger partial charge in [-0.25, -0.2) is 0 Å². The molecule has 2 aromatic rings. The zero-order valence-corrected chi connectivity index (χ0v) is 16.2. The van der Waals surface area contributed by atoms with Gasteiger partial charge in [-0.1, -0.05) is 48.9 Å². The Kier molecular flexibility index (Phi) is 5.31. The van der Waals surface area contributed by atoms with E-state index in [1.807, 2.05) is 36.4 Å². The molecule has 27 heavy (non-hydrogen) atoms. The van der Waals surface area contributed by atoms with Gasteiger partial charge in [-0.2, -0.15) is 0 Å². The first-order chi connectivity index (χ1) is 13.2. The van der Waals surface area contributed by atoms with E-state index in [2.05, 4.69) is 23.1 Å². The summed E-state index contributed by atoms with van der Waals surface area (Å²) in [4.78, 5) is 15.0. The van der Waals surface area contributed by atoms with Crippen LogP contribution in [0.25, 0.3) is 0 Å². The van der Waals surface area contributed by atoms with Crippen LogP contribution in [0.15, 0.2) is 54.6 Å². The molecule has 1 aliphatic heterocycles. The van der Waals surface area contributed by atoms with E-state index >= 15 is 0 Å². The van der Waals surface area contributed by atoms with Crippen LogP contribution in [-0.2, 0) is 5.41 Å². The number of ether oxygens (including phenoxy) is 1.